The third-order valence-electron chi connectivity index (χ3n) is 3.47. The molecule has 1 saturated carbocycles. The lowest BCUT2D eigenvalue weighted by Crippen LogP contribution is -2.05. The van der Waals surface area contributed by atoms with Gasteiger partial charge in [-0.1, -0.05) is 31.4 Å². The van der Waals surface area contributed by atoms with Crippen LogP contribution in [0.5, 0.6) is 5.75 Å². The van der Waals surface area contributed by atoms with Gasteiger partial charge in [-0.05, 0) is 43.4 Å². The molecule has 0 radical (unpaired) electrons. The summed E-state index contributed by atoms with van der Waals surface area (Å²) in [5, 5.41) is 0. The van der Waals surface area contributed by atoms with Crippen LogP contribution >= 0.6 is 0 Å². The van der Waals surface area contributed by atoms with Gasteiger partial charge in [0.15, 0.2) is 6.79 Å². The highest BCUT2D eigenvalue weighted by Crippen LogP contribution is 2.33. The molecule has 1 aliphatic rings. The Hall–Kier alpha value is -1.02. The van der Waals surface area contributed by atoms with Crippen LogP contribution in [0, 0.1) is 0 Å². The summed E-state index contributed by atoms with van der Waals surface area (Å²) in [5.41, 5.74) is 1.47. The zero-order valence-electron chi connectivity index (χ0n) is 10.7. The minimum atomic E-state index is 0.347. The van der Waals surface area contributed by atoms with Gasteiger partial charge in [-0.2, -0.15) is 0 Å². The van der Waals surface area contributed by atoms with E-state index in [1.165, 1.54) is 37.7 Å². The molecule has 0 N–H and O–H groups in total. The van der Waals surface area contributed by atoms with Gasteiger partial charge in [0, 0.05) is 6.61 Å². The van der Waals surface area contributed by atoms with Gasteiger partial charge in [0.1, 0.15) is 5.75 Å². The number of hydrogen-bond acceptors (Lipinski definition) is 2. The molecule has 0 saturated heterocycles. The number of hydrogen-bond donors (Lipinski definition) is 0. The Morgan fingerprint density at radius 3 is 2.41 bits per heavy atom. The summed E-state index contributed by atoms with van der Waals surface area (Å²) in [5.74, 6) is 1.67. The molecule has 0 aliphatic heterocycles. The summed E-state index contributed by atoms with van der Waals surface area (Å²) >= 11 is 0. The third-order valence-corrected chi connectivity index (χ3v) is 3.47. The predicted molar refractivity (Wildman–Crippen MR) is 69.4 cm³/mol. The summed E-state index contributed by atoms with van der Waals surface area (Å²) in [6, 6.07) is 8.53. The van der Waals surface area contributed by atoms with Crippen molar-refractivity contribution >= 4 is 0 Å². The Bertz CT molecular complexity index is 312. The molecule has 1 aromatic carbocycles. The Kier molecular flexibility index (Phi) is 4.87. The average Bonchev–Trinajstić information content (AvgIpc) is 2.41. The smallest absolute Gasteiger partial charge is 0.189 e. The second-order valence-electron chi connectivity index (χ2n) is 4.66. The molecule has 17 heavy (non-hydrogen) atoms. The maximum absolute atomic E-state index is 5.47. The molecule has 0 bridgehead atoms. The molecule has 1 fully saturated rings. The van der Waals surface area contributed by atoms with Gasteiger partial charge in [0.05, 0.1) is 0 Å². The molecule has 0 atom stereocenters. The van der Waals surface area contributed by atoms with Gasteiger partial charge in [0.25, 0.3) is 0 Å². The summed E-state index contributed by atoms with van der Waals surface area (Å²) in [4.78, 5) is 0. The van der Waals surface area contributed by atoms with E-state index in [0.717, 1.165) is 11.7 Å². The highest BCUT2D eigenvalue weighted by Gasteiger charge is 2.14. The molecule has 0 unspecified atom stereocenters. The molecule has 2 nitrogen and oxygen atoms in total. The van der Waals surface area contributed by atoms with Gasteiger partial charge >= 0.3 is 0 Å². The van der Waals surface area contributed by atoms with Crippen molar-refractivity contribution < 1.29 is 9.47 Å². The first kappa shape index (κ1) is 12.4. The molecular formula is C15H22O2. The van der Waals surface area contributed by atoms with Crippen molar-refractivity contribution in [3.8, 4) is 5.75 Å². The summed E-state index contributed by atoms with van der Waals surface area (Å²) in [6.45, 7) is 3.01. The minimum Gasteiger partial charge on any atom is -0.468 e. The Balaban J connectivity index is 1.88. The number of rotatable bonds is 5. The second-order valence-corrected chi connectivity index (χ2v) is 4.66. The highest BCUT2D eigenvalue weighted by molar-refractivity contribution is 5.29. The molecule has 94 valence electrons. The van der Waals surface area contributed by atoms with Gasteiger partial charge in [0.2, 0.25) is 0 Å². The molecule has 2 rings (SSSR count). The standard InChI is InChI=1S/C15H22O2/c1-2-16-12-17-15-10-8-14(9-11-15)13-6-4-3-5-7-13/h8-11,13H,2-7,12H2,1H3. The molecule has 1 aromatic rings. The zero-order valence-corrected chi connectivity index (χ0v) is 10.7. The van der Waals surface area contributed by atoms with Gasteiger partial charge in [-0.25, -0.2) is 0 Å². The maximum Gasteiger partial charge on any atom is 0.189 e. The van der Waals surface area contributed by atoms with Crippen LogP contribution in [0.3, 0.4) is 0 Å². The lowest BCUT2D eigenvalue weighted by Gasteiger charge is -2.22. The summed E-state index contributed by atoms with van der Waals surface area (Å²) in [6.07, 6.45) is 6.87. The molecule has 0 aromatic heterocycles. The first-order valence-electron chi connectivity index (χ1n) is 6.70. The molecule has 0 heterocycles. The molecular weight excluding hydrogens is 212 g/mol. The van der Waals surface area contributed by atoms with Crippen LogP contribution in [-0.2, 0) is 4.74 Å². The van der Waals surface area contributed by atoms with Crippen LogP contribution in [-0.4, -0.2) is 13.4 Å². The fraction of sp³-hybridized carbons (Fsp3) is 0.600. The molecule has 0 amide bonds. The van der Waals surface area contributed by atoms with E-state index >= 15 is 0 Å². The third kappa shape index (κ3) is 3.74. The zero-order chi connectivity index (χ0) is 11.9. The van der Waals surface area contributed by atoms with Crippen molar-refractivity contribution in [3.05, 3.63) is 29.8 Å². The maximum atomic E-state index is 5.47. The van der Waals surface area contributed by atoms with Crippen molar-refractivity contribution in [1.29, 1.82) is 0 Å². The van der Waals surface area contributed by atoms with Gasteiger partial charge in [-0.3, -0.25) is 0 Å². The normalized spacial score (nSPS) is 17.0. The van der Waals surface area contributed by atoms with E-state index in [0.29, 0.717) is 13.4 Å². The van der Waals surface area contributed by atoms with Crippen molar-refractivity contribution in [1.82, 2.24) is 0 Å². The van der Waals surface area contributed by atoms with Crippen molar-refractivity contribution in [2.45, 2.75) is 44.9 Å². The van der Waals surface area contributed by atoms with Crippen LogP contribution in [0.15, 0.2) is 24.3 Å². The van der Waals surface area contributed by atoms with E-state index in [-0.39, 0.29) is 0 Å². The second kappa shape index (κ2) is 6.65. The van der Waals surface area contributed by atoms with Crippen LogP contribution in [0.25, 0.3) is 0 Å². The molecule has 0 spiro atoms. The van der Waals surface area contributed by atoms with Crippen LogP contribution in [0.2, 0.25) is 0 Å². The van der Waals surface area contributed by atoms with Gasteiger partial charge < -0.3 is 9.47 Å². The molecule has 1 aliphatic carbocycles. The lowest BCUT2D eigenvalue weighted by atomic mass is 9.84. The Morgan fingerprint density at radius 2 is 1.76 bits per heavy atom. The largest absolute Gasteiger partial charge is 0.468 e. The fourth-order valence-corrected chi connectivity index (χ4v) is 2.47. The van der Waals surface area contributed by atoms with E-state index in [9.17, 15) is 0 Å². The predicted octanol–water partition coefficient (Wildman–Crippen LogP) is 4.11. The number of benzene rings is 1. The first-order valence-corrected chi connectivity index (χ1v) is 6.70. The fourth-order valence-electron chi connectivity index (χ4n) is 2.47. The lowest BCUT2D eigenvalue weighted by molar-refractivity contribution is 0.0224. The van der Waals surface area contributed by atoms with Gasteiger partial charge in [-0.15, -0.1) is 0 Å². The van der Waals surface area contributed by atoms with E-state index in [2.05, 4.69) is 24.3 Å². The van der Waals surface area contributed by atoms with Crippen LogP contribution in [0.4, 0.5) is 0 Å². The topological polar surface area (TPSA) is 18.5 Å². The number of ether oxygens (including phenoxy) is 2. The highest BCUT2D eigenvalue weighted by atomic mass is 16.7. The minimum absolute atomic E-state index is 0.347. The van der Waals surface area contributed by atoms with E-state index in [1.54, 1.807) is 0 Å². The average molecular weight is 234 g/mol. The summed E-state index contributed by atoms with van der Waals surface area (Å²) < 4.78 is 10.6. The van der Waals surface area contributed by atoms with Crippen molar-refractivity contribution in [2.24, 2.45) is 0 Å². The van der Waals surface area contributed by atoms with Crippen LogP contribution < -0.4 is 4.74 Å². The monoisotopic (exact) mass is 234 g/mol. The Labute approximate surface area is 104 Å². The van der Waals surface area contributed by atoms with E-state index < -0.39 is 0 Å². The van der Waals surface area contributed by atoms with E-state index in [4.69, 9.17) is 9.47 Å². The van der Waals surface area contributed by atoms with E-state index in [1.807, 2.05) is 6.92 Å². The SMILES string of the molecule is CCOCOc1ccc(C2CCCCC2)cc1. The van der Waals surface area contributed by atoms with Crippen molar-refractivity contribution in [2.75, 3.05) is 13.4 Å². The van der Waals surface area contributed by atoms with Crippen LogP contribution in [0.1, 0.15) is 50.5 Å². The summed E-state index contributed by atoms with van der Waals surface area (Å²) in [7, 11) is 0. The first-order chi connectivity index (χ1) is 8.40. The Morgan fingerprint density at radius 1 is 1.06 bits per heavy atom. The molecule has 2 heteroatoms. The van der Waals surface area contributed by atoms with Crippen molar-refractivity contribution in [3.63, 3.8) is 0 Å². The quantitative estimate of drug-likeness (QED) is 0.564.